The van der Waals surface area contributed by atoms with Crippen LogP contribution in [0.5, 0.6) is 0 Å². The van der Waals surface area contributed by atoms with Crippen LogP contribution in [0.1, 0.15) is 21.1 Å². The van der Waals surface area contributed by atoms with E-state index in [1.54, 1.807) is 19.1 Å². The zero-order valence-electron chi connectivity index (χ0n) is 9.82. The van der Waals surface area contributed by atoms with Crippen molar-refractivity contribution in [3.05, 3.63) is 33.0 Å². The topological polar surface area (TPSA) is 80.9 Å². The lowest BCUT2D eigenvalue weighted by molar-refractivity contribution is 0.102. The van der Waals surface area contributed by atoms with Crippen molar-refractivity contribution in [3.63, 3.8) is 0 Å². The zero-order chi connectivity index (χ0) is 13.3. The fourth-order valence-corrected chi connectivity index (χ4v) is 2.60. The number of nitrogen functional groups attached to an aromatic ring is 1. The Kier molecular flexibility index (Phi) is 3.63. The molecule has 0 atom stereocenters. The first-order valence-electron chi connectivity index (χ1n) is 5.15. The normalized spacial score (nSPS) is 10.4. The van der Waals surface area contributed by atoms with Crippen molar-refractivity contribution in [2.45, 2.75) is 13.8 Å². The van der Waals surface area contributed by atoms with E-state index in [-0.39, 0.29) is 5.91 Å². The number of aryl methyl sites for hydroxylation is 2. The van der Waals surface area contributed by atoms with E-state index in [9.17, 15) is 4.79 Å². The Hall–Kier alpha value is -1.47. The fraction of sp³-hybridized carbons (Fsp3) is 0.182. The van der Waals surface area contributed by atoms with Gasteiger partial charge in [-0.3, -0.25) is 4.79 Å². The molecular formula is C11H11BrN4OS. The first-order chi connectivity index (χ1) is 8.47. The van der Waals surface area contributed by atoms with Gasteiger partial charge in [0, 0.05) is 0 Å². The summed E-state index contributed by atoms with van der Waals surface area (Å²) in [5.41, 5.74) is 7.62. The molecule has 2 aromatic rings. The lowest BCUT2D eigenvalue weighted by Crippen LogP contribution is -2.12. The first-order valence-corrected chi connectivity index (χ1v) is 6.75. The SMILES string of the molecule is Cc1nc(Br)ccc1NC(=O)c1sc(N)nc1C. The van der Waals surface area contributed by atoms with Gasteiger partial charge in [-0.1, -0.05) is 11.3 Å². The fourth-order valence-electron chi connectivity index (χ4n) is 1.47. The molecule has 0 spiro atoms. The second-order valence-electron chi connectivity index (χ2n) is 3.69. The van der Waals surface area contributed by atoms with Crippen molar-refractivity contribution >= 4 is 44.0 Å². The van der Waals surface area contributed by atoms with E-state index >= 15 is 0 Å². The molecule has 0 aliphatic carbocycles. The third-order valence-corrected chi connectivity index (χ3v) is 3.75. The molecule has 0 aromatic carbocycles. The van der Waals surface area contributed by atoms with Gasteiger partial charge < -0.3 is 11.1 Å². The lowest BCUT2D eigenvalue weighted by Gasteiger charge is -2.06. The van der Waals surface area contributed by atoms with Crippen LogP contribution in [0.4, 0.5) is 10.8 Å². The van der Waals surface area contributed by atoms with Crippen LogP contribution in [0, 0.1) is 13.8 Å². The maximum atomic E-state index is 12.0. The summed E-state index contributed by atoms with van der Waals surface area (Å²) in [5, 5.41) is 3.19. The molecule has 0 saturated carbocycles. The molecule has 18 heavy (non-hydrogen) atoms. The third kappa shape index (κ3) is 2.68. The van der Waals surface area contributed by atoms with E-state index in [1.165, 1.54) is 11.3 Å². The number of carbonyl (C=O) groups excluding carboxylic acids is 1. The van der Waals surface area contributed by atoms with Crippen molar-refractivity contribution in [1.82, 2.24) is 9.97 Å². The van der Waals surface area contributed by atoms with E-state index < -0.39 is 0 Å². The van der Waals surface area contributed by atoms with Crippen LogP contribution in [-0.4, -0.2) is 15.9 Å². The first kappa shape index (κ1) is 13.0. The van der Waals surface area contributed by atoms with E-state index in [0.717, 1.165) is 10.3 Å². The molecule has 0 saturated heterocycles. The van der Waals surface area contributed by atoms with Crippen LogP contribution >= 0.6 is 27.3 Å². The van der Waals surface area contributed by atoms with Gasteiger partial charge in [0.2, 0.25) is 0 Å². The molecule has 0 aliphatic heterocycles. The van der Waals surface area contributed by atoms with Crippen molar-refractivity contribution in [2.24, 2.45) is 0 Å². The quantitative estimate of drug-likeness (QED) is 0.831. The van der Waals surface area contributed by atoms with Crippen molar-refractivity contribution in [3.8, 4) is 0 Å². The highest BCUT2D eigenvalue weighted by atomic mass is 79.9. The molecule has 0 radical (unpaired) electrons. The smallest absolute Gasteiger partial charge is 0.267 e. The molecule has 2 rings (SSSR count). The number of nitrogens with zero attached hydrogens (tertiary/aromatic N) is 2. The predicted octanol–water partition coefficient (Wildman–Crippen LogP) is 2.75. The molecule has 1 amide bonds. The Morgan fingerprint density at radius 3 is 2.61 bits per heavy atom. The van der Waals surface area contributed by atoms with Crippen molar-refractivity contribution in [1.29, 1.82) is 0 Å². The second-order valence-corrected chi connectivity index (χ2v) is 5.53. The van der Waals surface area contributed by atoms with Crippen LogP contribution in [-0.2, 0) is 0 Å². The number of nitrogens with one attached hydrogen (secondary N) is 1. The summed E-state index contributed by atoms with van der Waals surface area (Å²) < 4.78 is 0.733. The van der Waals surface area contributed by atoms with Gasteiger partial charge in [0.05, 0.1) is 17.1 Å². The predicted molar refractivity (Wildman–Crippen MR) is 75.9 cm³/mol. The molecule has 0 aliphatic rings. The molecule has 3 N–H and O–H groups in total. The van der Waals surface area contributed by atoms with Crippen molar-refractivity contribution < 1.29 is 4.79 Å². The highest BCUT2D eigenvalue weighted by Gasteiger charge is 2.15. The van der Waals surface area contributed by atoms with Gasteiger partial charge in [-0.15, -0.1) is 0 Å². The van der Waals surface area contributed by atoms with Crippen molar-refractivity contribution in [2.75, 3.05) is 11.1 Å². The summed E-state index contributed by atoms with van der Waals surface area (Å²) in [7, 11) is 0. The number of anilines is 2. The van der Waals surface area contributed by atoms with E-state index in [0.29, 0.717) is 21.4 Å². The molecule has 2 heterocycles. The molecule has 0 unspecified atom stereocenters. The van der Waals surface area contributed by atoms with Gasteiger partial charge in [0.25, 0.3) is 5.91 Å². The minimum Gasteiger partial charge on any atom is -0.375 e. The summed E-state index contributed by atoms with van der Waals surface area (Å²) >= 11 is 4.45. The lowest BCUT2D eigenvalue weighted by atomic mass is 10.3. The van der Waals surface area contributed by atoms with E-state index in [2.05, 4.69) is 31.2 Å². The average Bonchev–Trinajstić information content (AvgIpc) is 2.62. The number of amides is 1. The number of pyridine rings is 1. The van der Waals surface area contributed by atoms with Gasteiger partial charge in [-0.25, -0.2) is 9.97 Å². The summed E-state index contributed by atoms with van der Waals surface area (Å²) in [6.45, 7) is 3.59. The van der Waals surface area contributed by atoms with Gasteiger partial charge >= 0.3 is 0 Å². The molecule has 7 heteroatoms. The number of halogens is 1. The number of carbonyl (C=O) groups is 1. The molecule has 0 bridgehead atoms. The average molecular weight is 327 g/mol. The largest absolute Gasteiger partial charge is 0.375 e. The highest BCUT2D eigenvalue weighted by Crippen LogP contribution is 2.22. The van der Waals surface area contributed by atoms with E-state index in [4.69, 9.17) is 5.73 Å². The number of thiazole rings is 1. The monoisotopic (exact) mass is 326 g/mol. The van der Waals surface area contributed by atoms with Gasteiger partial charge in [-0.2, -0.15) is 0 Å². The molecular weight excluding hydrogens is 316 g/mol. The Morgan fingerprint density at radius 1 is 1.33 bits per heavy atom. The molecule has 94 valence electrons. The van der Waals surface area contributed by atoms with Crippen LogP contribution < -0.4 is 11.1 Å². The Morgan fingerprint density at radius 2 is 2.06 bits per heavy atom. The molecule has 2 aromatic heterocycles. The minimum atomic E-state index is -0.214. The maximum absolute atomic E-state index is 12.0. The van der Waals surface area contributed by atoms with Crippen LogP contribution in [0.2, 0.25) is 0 Å². The molecule has 5 nitrogen and oxygen atoms in total. The Labute approximate surface area is 117 Å². The Balaban J connectivity index is 2.24. The number of hydrogen-bond donors (Lipinski definition) is 2. The van der Waals surface area contributed by atoms with Crippen LogP contribution in [0.15, 0.2) is 16.7 Å². The summed E-state index contributed by atoms with van der Waals surface area (Å²) in [4.78, 5) is 20.8. The number of nitrogens with two attached hydrogens (primary N) is 1. The second kappa shape index (κ2) is 5.03. The van der Waals surface area contributed by atoms with Crippen LogP contribution in [0.3, 0.4) is 0 Å². The van der Waals surface area contributed by atoms with Gasteiger partial charge in [-0.05, 0) is 41.9 Å². The number of hydrogen-bond acceptors (Lipinski definition) is 5. The maximum Gasteiger partial charge on any atom is 0.267 e. The highest BCUT2D eigenvalue weighted by molar-refractivity contribution is 9.10. The number of rotatable bonds is 2. The van der Waals surface area contributed by atoms with Gasteiger partial charge in [0.1, 0.15) is 9.48 Å². The van der Waals surface area contributed by atoms with E-state index in [1.807, 2.05) is 6.92 Å². The molecule has 0 fully saturated rings. The zero-order valence-corrected chi connectivity index (χ0v) is 12.2. The minimum absolute atomic E-state index is 0.214. The number of aromatic nitrogens is 2. The summed E-state index contributed by atoms with van der Waals surface area (Å²) in [6.07, 6.45) is 0. The standard InChI is InChI=1S/C11H11BrN4OS/c1-5-7(3-4-8(12)14-5)16-10(17)9-6(2)15-11(13)18-9/h3-4H,1-2H3,(H2,13,15)(H,16,17). The van der Waals surface area contributed by atoms with Crippen LogP contribution in [0.25, 0.3) is 0 Å². The third-order valence-electron chi connectivity index (χ3n) is 2.32. The summed E-state index contributed by atoms with van der Waals surface area (Å²) in [6, 6.07) is 3.57. The van der Waals surface area contributed by atoms with Gasteiger partial charge in [0.15, 0.2) is 5.13 Å². The summed E-state index contributed by atoms with van der Waals surface area (Å²) in [5.74, 6) is -0.214. The Bertz CT molecular complexity index is 611.